The number of likely N-dealkylation sites (tertiary alicyclic amines) is 1. The highest BCUT2D eigenvalue weighted by molar-refractivity contribution is 5.84. The summed E-state index contributed by atoms with van der Waals surface area (Å²) in [5.74, 6) is 1.62. The first-order chi connectivity index (χ1) is 9.36. The lowest BCUT2D eigenvalue weighted by Gasteiger charge is -2.33. The van der Waals surface area contributed by atoms with Gasteiger partial charge in [-0.1, -0.05) is 23.4 Å². The molecule has 0 amide bonds. The second-order valence-electron chi connectivity index (χ2n) is 5.34. The minimum Gasteiger partial charge on any atom is -0.493 e. The molecule has 4 nitrogen and oxygen atoms in total. The SMILES string of the molecule is ON=C1CCN(CC2CCOc3ccccc32)CC1. The maximum absolute atomic E-state index is 8.78. The van der Waals surface area contributed by atoms with Gasteiger partial charge >= 0.3 is 0 Å². The first-order valence-electron chi connectivity index (χ1n) is 7.00. The van der Waals surface area contributed by atoms with E-state index in [1.807, 2.05) is 6.07 Å². The van der Waals surface area contributed by atoms with Gasteiger partial charge in [0.2, 0.25) is 0 Å². The molecule has 2 heterocycles. The van der Waals surface area contributed by atoms with Crippen molar-refractivity contribution in [2.75, 3.05) is 26.2 Å². The smallest absolute Gasteiger partial charge is 0.122 e. The van der Waals surface area contributed by atoms with Gasteiger partial charge in [-0.3, -0.25) is 0 Å². The molecule has 1 N–H and O–H groups in total. The Morgan fingerprint density at radius 3 is 2.84 bits per heavy atom. The highest BCUT2D eigenvalue weighted by Crippen LogP contribution is 2.34. The van der Waals surface area contributed by atoms with Gasteiger partial charge in [0.05, 0.1) is 12.3 Å². The Labute approximate surface area is 113 Å². The minimum absolute atomic E-state index is 0.567. The maximum Gasteiger partial charge on any atom is 0.122 e. The first kappa shape index (κ1) is 12.5. The zero-order valence-electron chi connectivity index (χ0n) is 11.1. The van der Waals surface area contributed by atoms with Crippen LogP contribution in [0.5, 0.6) is 5.75 Å². The molecule has 0 aliphatic carbocycles. The number of benzene rings is 1. The third-order valence-electron chi connectivity index (χ3n) is 4.14. The molecule has 19 heavy (non-hydrogen) atoms. The largest absolute Gasteiger partial charge is 0.493 e. The van der Waals surface area contributed by atoms with Crippen LogP contribution in [-0.4, -0.2) is 42.1 Å². The molecule has 1 aromatic rings. The van der Waals surface area contributed by atoms with Crippen LogP contribution in [0.4, 0.5) is 0 Å². The summed E-state index contributed by atoms with van der Waals surface area (Å²) in [6, 6.07) is 8.37. The number of piperidine rings is 1. The highest BCUT2D eigenvalue weighted by Gasteiger charge is 2.25. The lowest BCUT2D eigenvalue weighted by Crippen LogP contribution is -2.37. The van der Waals surface area contributed by atoms with Gasteiger partial charge in [-0.2, -0.15) is 0 Å². The Hall–Kier alpha value is -1.55. The van der Waals surface area contributed by atoms with E-state index >= 15 is 0 Å². The summed E-state index contributed by atoms with van der Waals surface area (Å²) in [6.07, 6.45) is 2.87. The van der Waals surface area contributed by atoms with Gasteiger partial charge < -0.3 is 14.8 Å². The van der Waals surface area contributed by atoms with Crippen molar-refractivity contribution in [2.24, 2.45) is 5.16 Å². The van der Waals surface area contributed by atoms with Crippen LogP contribution in [0.1, 0.15) is 30.7 Å². The lowest BCUT2D eigenvalue weighted by atomic mass is 9.92. The molecule has 0 aromatic heterocycles. The summed E-state index contributed by atoms with van der Waals surface area (Å²) in [7, 11) is 0. The normalized spacial score (nSPS) is 23.6. The minimum atomic E-state index is 0.567. The fourth-order valence-corrected chi connectivity index (χ4v) is 3.01. The molecular formula is C15H20N2O2. The highest BCUT2D eigenvalue weighted by atomic mass is 16.5. The third-order valence-corrected chi connectivity index (χ3v) is 4.14. The molecule has 1 aromatic carbocycles. The van der Waals surface area contributed by atoms with Crippen molar-refractivity contribution >= 4 is 5.71 Å². The van der Waals surface area contributed by atoms with Crippen molar-refractivity contribution in [3.8, 4) is 5.75 Å². The molecule has 2 aliphatic heterocycles. The number of hydrogen-bond donors (Lipinski definition) is 1. The van der Waals surface area contributed by atoms with Crippen LogP contribution in [0.15, 0.2) is 29.4 Å². The average molecular weight is 260 g/mol. The van der Waals surface area contributed by atoms with E-state index in [1.54, 1.807) is 0 Å². The quantitative estimate of drug-likeness (QED) is 0.656. The van der Waals surface area contributed by atoms with Crippen molar-refractivity contribution in [1.29, 1.82) is 0 Å². The number of hydrogen-bond acceptors (Lipinski definition) is 4. The molecular weight excluding hydrogens is 240 g/mol. The Morgan fingerprint density at radius 1 is 1.26 bits per heavy atom. The standard InChI is InChI=1S/C15H20N2O2/c18-16-13-5-8-17(9-6-13)11-12-7-10-19-15-4-2-1-3-14(12)15/h1-4,12,18H,5-11H2. The topological polar surface area (TPSA) is 45.1 Å². The van der Waals surface area contributed by atoms with Crippen LogP contribution in [0, 0.1) is 0 Å². The first-order valence-corrected chi connectivity index (χ1v) is 7.00. The molecule has 1 atom stereocenters. The summed E-state index contributed by atoms with van der Waals surface area (Å²) in [4.78, 5) is 2.47. The van der Waals surface area contributed by atoms with E-state index < -0.39 is 0 Å². The average Bonchev–Trinajstić information content (AvgIpc) is 2.48. The van der Waals surface area contributed by atoms with E-state index in [0.29, 0.717) is 5.92 Å². The molecule has 1 fully saturated rings. The van der Waals surface area contributed by atoms with Gasteiger partial charge in [0.25, 0.3) is 0 Å². The predicted molar refractivity (Wildman–Crippen MR) is 74.2 cm³/mol. The van der Waals surface area contributed by atoms with Gasteiger partial charge in [-0.25, -0.2) is 0 Å². The van der Waals surface area contributed by atoms with Gasteiger partial charge in [-0.15, -0.1) is 0 Å². The summed E-state index contributed by atoms with van der Waals surface area (Å²) < 4.78 is 5.71. The van der Waals surface area contributed by atoms with E-state index in [0.717, 1.165) is 57.0 Å². The molecule has 1 unspecified atom stereocenters. The lowest BCUT2D eigenvalue weighted by molar-refractivity contribution is 0.208. The second-order valence-corrected chi connectivity index (χ2v) is 5.34. The number of ether oxygens (including phenoxy) is 1. The van der Waals surface area contributed by atoms with Crippen LogP contribution < -0.4 is 4.74 Å². The summed E-state index contributed by atoms with van der Waals surface area (Å²) in [5, 5.41) is 12.1. The Bertz CT molecular complexity index is 463. The summed E-state index contributed by atoms with van der Waals surface area (Å²) in [5.41, 5.74) is 2.28. The van der Waals surface area contributed by atoms with E-state index in [2.05, 4.69) is 28.3 Å². The molecule has 3 rings (SSSR count). The maximum atomic E-state index is 8.78. The van der Waals surface area contributed by atoms with Gasteiger partial charge in [0, 0.05) is 38.4 Å². The van der Waals surface area contributed by atoms with Crippen molar-refractivity contribution in [1.82, 2.24) is 4.90 Å². The molecule has 0 radical (unpaired) electrons. The summed E-state index contributed by atoms with van der Waals surface area (Å²) >= 11 is 0. The number of oxime groups is 1. The molecule has 2 aliphatic rings. The molecule has 0 bridgehead atoms. The fraction of sp³-hybridized carbons (Fsp3) is 0.533. The number of para-hydroxylation sites is 1. The monoisotopic (exact) mass is 260 g/mol. The number of fused-ring (bicyclic) bond motifs is 1. The van der Waals surface area contributed by atoms with Crippen LogP contribution >= 0.6 is 0 Å². The van der Waals surface area contributed by atoms with Crippen LogP contribution in [0.25, 0.3) is 0 Å². The Morgan fingerprint density at radius 2 is 2.05 bits per heavy atom. The molecule has 4 heteroatoms. The molecule has 0 spiro atoms. The number of rotatable bonds is 2. The Kier molecular flexibility index (Phi) is 3.69. The number of nitrogens with zero attached hydrogens (tertiary/aromatic N) is 2. The van der Waals surface area contributed by atoms with E-state index in [-0.39, 0.29) is 0 Å². The van der Waals surface area contributed by atoms with Crippen molar-refractivity contribution in [3.63, 3.8) is 0 Å². The molecule has 0 saturated carbocycles. The van der Waals surface area contributed by atoms with Crippen molar-refractivity contribution in [2.45, 2.75) is 25.2 Å². The van der Waals surface area contributed by atoms with Crippen LogP contribution in [0.2, 0.25) is 0 Å². The third kappa shape index (κ3) is 2.73. The van der Waals surface area contributed by atoms with Crippen molar-refractivity contribution < 1.29 is 9.94 Å². The van der Waals surface area contributed by atoms with Gasteiger partial charge in [-0.05, 0) is 18.1 Å². The van der Waals surface area contributed by atoms with Crippen LogP contribution in [0.3, 0.4) is 0 Å². The van der Waals surface area contributed by atoms with Crippen molar-refractivity contribution in [3.05, 3.63) is 29.8 Å². The second kappa shape index (κ2) is 5.61. The fourth-order valence-electron chi connectivity index (χ4n) is 3.01. The van der Waals surface area contributed by atoms with E-state index in [1.165, 1.54) is 5.56 Å². The molecule has 102 valence electrons. The van der Waals surface area contributed by atoms with Gasteiger partial charge in [0.1, 0.15) is 5.75 Å². The predicted octanol–water partition coefficient (Wildman–Crippen LogP) is 2.48. The van der Waals surface area contributed by atoms with Crippen LogP contribution in [-0.2, 0) is 0 Å². The van der Waals surface area contributed by atoms with Gasteiger partial charge in [0.15, 0.2) is 0 Å². The van der Waals surface area contributed by atoms with E-state index in [9.17, 15) is 0 Å². The molecule has 1 saturated heterocycles. The summed E-state index contributed by atoms with van der Waals surface area (Å²) in [6.45, 7) is 3.90. The Balaban J connectivity index is 1.65. The van der Waals surface area contributed by atoms with E-state index in [4.69, 9.17) is 9.94 Å². The zero-order chi connectivity index (χ0) is 13.1. The zero-order valence-corrected chi connectivity index (χ0v) is 11.1.